The fourth-order valence-electron chi connectivity index (χ4n) is 3.13. The van der Waals surface area contributed by atoms with Gasteiger partial charge in [0.25, 0.3) is 0 Å². The van der Waals surface area contributed by atoms with Gasteiger partial charge in [-0.2, -0.15) is 13.2 Å². The van der Waals surface area contributed by atoms with Crippen LogP contribution in [0.25, 0.3) is 11.0 Å². The van der Waals surface area contributed by atoms with Gasteiger partial charge in [-0.3, -0.25) is 0 Å². The highest BCUT2D eigenvalue weighted by Crippen LogP contribution is 2.27. The standard InChI is InChI=1S/C15H20F3N5/c1-22(14-12-2-6-19-13(12)20-10-21-14)11-3-7-23(8-4-11)9-5-15(16,17)18/h2,6,10-11H,3-5,7-9H2,1H3,(H,19,20,21). The number of aromatic nitrogens is 3. The van der Waals surface area contributed by atoms with Crippen molar-refractivity contribution in [3.63, 3.8) is 0 Å². The summed E-state index contributed by atoms with van der Waals surface area (Å²) in [6.45, 7) is 1.47. The molecule has 0 aromatic carbocycles. The van der Waals surface area contributed by atoms with Crippen molar-refractivity contribution >= 4 is 16.9 Å². The number of aromatic amines is 1. The summed E-state index contributed by atoms with van der Waals surface area (Å²) in [5, 5.41) is 0.967. The number of hydrogen-bond acceptors (Lipinski definition) is 4. The summed E-state index contributed by atoms with van der Waals surface area (Å²) < 4.78 is 36.9. The van der Waals surface area contributed by atoms with Crippen LogP contribution in [0.1, 0.15) is 19.3 Å². The van der Waals surface area contributed by atoms with E-state index in [1.54, 1.807) is 0 Å². The molecule has 8 heteroatoms. The van der Waals surface area contributed by atoms with E-state index in [0.717, 1.165) is 29.7 Å². The first kappa shape index (κ1) is 16.0. The van der Waals surface area contributed by atoms with E-state index in [9.17, 15) is 13.2 Å². The van der Waals surface area contributed by atoms with Crippen molar-refractivity contribution in [3.8, 4) is 0 Å². The summed E-state index contributed by atoms with van der Waals surface area (Å²) >= 11 is 0. The van der Waals surface area contributed by atoms with Gasteiger partial charge in [-0.25, -0.2) is 9.97 Å². The number of anilines is 1. The lowest BCUT2D eigenvalue weighted by molar-refractivity contribution is -0.138. The third-order valence-corrected chi connectivity index (χ3v) is 4.48. The Morgan fingerprint density at radius 1 is 1.30 bits per heavy atom. The third-order valence-electron chi connectivity index (χ3n) is 4.48. The van der Waals surface area contributed by atoms with Crippen molar-refractivity contribution in [3.05, 3.63) is 18.6 Å². The van der Waals surface area contributed by atoms with Crippen LogP contribution in [-0.2, 0) is 0 Å². The number of rotatable bonds is 4. The molecule has 126 valence electrons. The van der Waals surface area contributed by atoms with E-state index in [1.807, 2.05) is 24.2 Å². The molecule has 2 aromatic heterocycles. The molecule has 3 heterocycles. The number of alkyl halides is 3. The molecule has 2 aromatic rings. The lowest BCUT2D eigenvalue weighted by Crippen LogP contribution is -2.44. The first-order chi connectivity index (χ1) is 10.9. The summed E-state index contributed by atoms with van der Waals surface area (Å²) in [6, 6.07) is 2.23. The molecule has 0 spiro atoms. The first-order valence-electron chi connectivity index (χ1n) is 7.74. The quantitative estimate of drug-likeness (QED) is 0.938. The zero-order valence-electron chi connectivity index (χ0n) is 13.0. The van der Waals surface area contributed by atoms with Gasteiger partial charge in [0.1, 0.15) is 17.8 Å². The number of nitrogens with zero attached hydrogens (tertiary/aromatic N) is 4. The van der Waals surface area contributed by atoms with E-state index >= 15 is 0 Å². The zero-order valence-corrected chi connectivity index (χ0v) is 13.0. The highest BCUT2D eigenvalue weighted by molar-refractivity contribution is 5.87. The Bertz CT molecular complexity index is 646. The maximum Gasteiger partial charge on any atom is 0.390 e. The number of piperidine rings is 1. The third kappa shape index (κ3) is 3.74. The van der Waals surface area contributed by atoms with Crippen LogP contribution in [0.2, 0.25) is 0 Å². The molecule has 0 bridgehead atoms. The van der Waals surface area contributed by atoms with Gasteiger partial charge in [-0.05, 0) is 18.9 Å². The van der Waals surface area contributed by atoms with Crippen LogP contribution in [0.4, 0.5) is 19.0 Å². The summed E-state index contributed by atoms with van der Waals surface area (Å²) in [5.74, 6) is 0.866. The molecule has 0 aliphatic carbocycles. The van der Waals surface area contributed by atoms with Crippen molar-refractivity contribution in [2.24, 2.45) is 0 Å². The van der Waals surface area contributed by atoms with E-state index < -0.39 is 12.6 Å². The van der Waals surface area contributed by atoms with Crippen LogP contribution in [-0.4, -0.2) is 58.8 Å². The van der Waals surface area contributed by atoms with E-state index in [-0.39, 0.29) is 12.6 Å². The van der Waals surface area contributed by atoms with Crippen LogP contribution < -0.4 is 4.90 Å². The van der Waals surface area contributed by atoms with E-state index in [2.05, 4.69) is 19.9 Å². The second-order valence-corrected chi connectivity index (χ2v) is 5.99. The molecule has 5 nitrogen and oxygen atoms in total. The minimum Gasteiger partial charge on any atom is -0.356 e. The number of nitrogens with one attached hydrogen (secondary N) is 1. The number of likely N-dealkylation sites (tertiary alicyclic amines) is 1. The molecule has 0 atom stereocenters. The lowest BCUT2D eigenvalue weighted by Gasteiger charge is -2.37. The second-order valence-electron chi connectivity index (χ2n) is 5.99. The van der Waals surface area contributed by atoms with Crippen LogP contribution in [0, 0.1) is 0 Å². The Morgan fingerprint density at radius 2 is 2.04 bits per heavy atom. The predicted octanol–water partition coefficient (Wildman–Crippen LogP) is 2.81. The highest BCUT2D eigenvalue weighted by atomic mass is 19.4. The number of hydrogen-bond donors (Lipinski definition) is 1. The smallest absolute Gasteiger partial charge is 0.356 e. The van der Waals surface area contributed by atoms with Crippen molar-refractivity contribution in [2.45, 2.75) is 31.5 Å². The number of fused-ring (bicyclic) bond motifs is 1. The summed E-state index contributed by atoms with van der Waals surface area (Å²) in [7, 11) is 1.99. The predicted molar refractivity (Wildman–Crippen MR) is 82.4 cm³/mol. The van der Waals surface area contributed by atoms with Crippen molar-refractivity contribution < 1.29 is 13.2 Å². The van der Waals surface area contributed by atoms with Gasteiger partial charge in [0.15, 0.2) is 0 Å². The molecule has 0 radical (unpaired) electrons. The van der Waals surface area contributed by atoms with Crippen LogP contribution >= 0.6 is 0 Å². The Balaban J connectivity index is 1.60. The highest BCUT2D eigenvalue weighted by Gasteiger charge is 2.30. The monoisotopic (exact) mass is 327 g/mol. The van der Waals surface area contributed by atoms with Gasteiger partial charge in [0, 0.05) is 38.9 Å². The molecule has 1 saturated heterocycles. The van der Waals surface area contributed by atoms with Crippen LogP contribution in [0.15, 0.2) is 18.6 Å². The van der Waals surface area contributed by atoms with Gasteiger partial charge in [0.2, 0.25) is 0 Å². The lowest BCUT2D eigenvalue weighted by atomic mass is 10.0. The largest absolute Gasteiger partial charge is 0.390 e. The van der Waals surface area contributed by atoms with E-state index in [0.29, 0.717) is 13.1 Å². The Hall–Kier alpha value is -1.83. The van der Waals surface area contributed by atoms with Crippen molar-refractivity contribution in [2.75, 3.05) is 31.6 Å². The maximum atomic E-state index is 12.3. The molecule has 3 rings (SSSR count). The topological polar surface area (TPSA) is 48.1 Å². The van der Waals surface area contributed by atoms with E-state index in [4.69, 9.17) is 0 Å². The van der Waals surface area contributed by atoms with Gasteiger partial charge in [0.05, 0.1) is 11.8 Å². The molecule has 23 heavy (non-hydrogen) atoms. The first-order valence-corrected chi connectivity index (χ1v) is 7.74. The van der Waals surface area contributed by atoms with Gasteiger partial charge < -0.3 is 14.8 Å². The van der Waals surface area contributed by atoms with Gasteiger partial charge in [-0.15, -0.1) is 0 Å². The van der Waals surface area contributed by atoms with Crippen molar-refractivity contribution in [1.82, 2.24) is 19.9 Å². The average Bonchev–Trinajstić information content (AvgIpc) is 3.00. The minimum atomic E-state index is -4.07. The molecule has 0 saturated carbocycles. The molecule has 1 N–H and O–H groups in total. The SMILES string of the molecule is CN(c1ncnc2[nH]ccc12)C1CCN(CCC(F)(F)F)CC1. The molecule has 0 amide bonds. The molecular formula is C15H20F3N5. The van der Waals surface area contributed by atoms with E-state index in [1.165, 1.54) is 6.33 Å². The maximum absolute atomic E-state index is 12.3. The van der Waals surface area contributed by atoms with Gasteiger partial charge in [-0.1, -0.05) is 0 Å². The second kappa shape index (κ2) is 6.35. The molecular weight excluding hydrogens is 307 g/mol. The Kier molecular flexibility index (Phi) is 4.43. The molecule has 1 aliphatic rings. The molecule has 1 fully saturated rings. The number of halogens is 3. The zero-order chi connectivity index (χ0) is 16.4. The number of H-pyrrole nitrogens is 1. The summed E-state index contributed by atoms with van der Waals surface area (Å²) in [4.78, 5) is 15.6. The Labute approximate surface area is 132 Å². The Morgan fingerprint density at radius 3 is 2.74 bits per heavy atom. The molecule has 0 unspecified atom stereocenters. The fourth-order valence-corrected chi connectivity index (χ4v) is 3.13. The van der Waals surface area contributed by atoms with Gasteiger partial charge >= 0.3 is 6.18 Å². The van der Waals surface area contributed by atoms with Crippen LogP contribution in [0.5, 0.6) is 0 Å². The minimum absolute atomic E-state index is 0.0928. The van der Waals surface area contributed by atoms with Crippen molar-refractivity contribution in [1.29, 1.82) is 0 Å². The summed E-state index contributed by atoms with van der Waals surface area (Å²) in [5.41, 5.74) is 0.796. The average molecular weight is 327 g/mol. The normalized spacial score (nSPS) is 17.7. The molecule has 1 aliphatic heterocycles. The fraction of sp³-hybridized carbons (Fsp3) is 0.600. The van der Waals surface area contributed by atoms with Crippen LogP contribution in [0.3, 0.4) is 0 Å². The summed E-state index contributed by atoms with van der Waals surface area (Å²) in [6.07, 6.45) is 0.228.